The fraction of sp³-hybridized carbons (Fsp3) is 0.467. The number of aromatic nitrogens is 4. The Morgan fingerprint density at radius 1 is 1.30 bits per heavy atom. The minimum absolute atomic E-state index is 0.00500. The van der Waals surface area contributed by atoms with Gasteiger partial charge in [0.1, 0.15) is 12.4 Å². The van der Waals surface area contributed by atoms with Crippen molar-refractivity contribution in [1.29, 1.82) is 0 Å². The summed E-state index contributed by atoms with van der Waals surface area (Å²) in [4.78, 5) is 23.5. The van der Waals surface area contributed by atoms with E-state index in [1.807, 2.05) is 0 Å². The van der Waals surface area contributed by atoms with Gasteiger partial charge < -0.3 is 9.47 Å². The van der Waals surface area contributed by atoms with Crippen LogP contribution in [0.1, 0.15) is 6.42 Å². The molecule has 1 aromatic heterocycles. The number of hydroxylamine groups is 3. The molecule has 2 aromatic rings. The van der Waals surface area contributed by atoms with E-state index in [0.29, 0.717) is 29.4 Å². The van der Waals surface area contributed by atoms with Crippen LogP contribution in [0.15, 0.2) is 24.5 Å². The summed E-state index contributed by atoms with van der Waals surface area (Å²) in [6.45, 7) is 0.405. The maximum absolute atomic E-state index is 12.0. The zero-order chi connectivity index (χ0) is 19.2. The second kappa shape index (κ2) is 9.06. The Hall–Kier alpha value is -2.31. The number of halogens is 1. The average molecular weight is 399 g/mol. The summed E-state index contributed by atoms with van der Waals surface area (Å²) >= 11 is 6.12. The van der Waals surface area contributed by atoms with Gasteiger partial charge in [-0.05, 0) is 35.0 Å². The van der Waals surface area contributed by atoms with Gasteiger partial charge in [0.2, 0.25) is 0 Å². The molecular weight excluding hydrogens is 380 g/mol. The van der Waals surface area contributed by atoms with Crippen LogP contribution in [0.2, 0.25) is 5.02 Å². The van der Waals surface area contributed by atoms with E-state index < -0.39 is 12.0 Å². The lowest BCUT2D eigenvalue weighted by Gasteiger charge is -2.37. The number of carbonyl (C=O) groups is 1. The van der Waals surface area contributed by atoms with Gasteiger partial charge in [0.05, 0.1) is 18.5 Å². The van der Waals surface area contributed by atoms with Crippen molar-refractivity contribution in [3.8, 4) is 5.69 Å². The van der Waals surface area contributed by atoms with Crippen LogP contribution in [0.5, 0.6) is 0 Å². The van der Waals surface area contributed by atoms with E-state index in [0.717, 1.165) is 0 Å². The second-order valence-electron chi connectivity index (χ2n) is 5.52. The Balaban J connectivity index is 1.74. The molecule has 1 atom stereocenters. The van der Waals surface area contributed by atoms with E-state index in [2.05, 4.69) is 15.5 Å². The lowest BCUT2D eigenvalue weighted by molar-refractivity contribution is -0.284. The summed E-state index contributed by atoms with van der Waals surface area (Å²) in [5, 5.41) is 14.6. The maximum Gasteiger partial charge on any atom is 0.325 e. The molecular formula is C15H19ClN6O5. The molecule has 11 nitrogen and oxygen atoms in total. The first-order valence-corrected chi connectivity index (χ1v) is 8.41. The monoisotopic (exact) mass is 398 g/mol. The van der Waals surface area contributed by atoms with Crippen molar-refractivity contribution < 1.29 is 23.9 Å². The number of carbonyl (C=O) groups excluding carboxylic acids is 1. The van der Waals surface area contributed by atoms with Gasteiger partial charge in [-0.2, -0.15) is 4.68 Å². The van der Waals surface area contributed by atoms with Crippen LogP contribution in [0.3, 0.4) is 0 Å². The van der Waals surface area contributed by atoms with E-state index in [4.69, 9.17) is 30.7 Å². The zero-order valence-corrected chi connectivity index (χ0v) is 15.6. The highest BCUT2D eigenvalue weighted by Gasteiger charge is 2.32. The molecule has 1 aromatic carbocycles. The number of rotatable bonds is 7. The smallest absolute Gasteiger partial charge is 0.325 e. The number of benzene rings is 1. The van der Waals surface area contributed by atoms with Crippen LogP contribution < -0.4 is 5.06 Å². The fourth-order valence-corrected chi connectivity index (χ4v) is 2.72. The minimum atomic E-state index is -0.643. The Morgan fingerprint density at radius 2 is 2.15 bits per heavy atom. The first kappa shape index (κ1) is 19.5. The Morgan fingerprint density at radius 3 is 2.78 bits per heavy atom. The van der Waals surface area contributed by atoms with E-state index >= 15 is 0 Å². The van der Waals surface area contributed by atoms with E-state index in [9.17, 15) is 4.79 Å². The molecule has 0 spiro atoms. The van der Waals surface area contributed by atoms with E-state index in [1.165, 1.54) is 28.2 Å². The van der Waals surface area contributed by atoms with Crippen molar-refractivity contribution in [1.82, 2.24) is 25.3 Å². The molecule has 12 heteroatoms. The third kappa shape index (κ3) is 4.51. The molecule has 0 saturated carbocycles. The topological polar surface area (TPSA) is 104 Å². The number of ether oxygens (including phenoxy) is 2. The predicted octanol–water partition coefficient (Wildman–Crippen LogP) is 0.794. The SMILES string of the molecule is COCCC(C(=O)OC)N1CON(c2cc(Cl)ccc2-n2cnnn2)CO1. The molecule has 2 heterocycles. The van der Waals surface area contributed by atoms with Crippen LogP contribution in [-0.4, -0.2) is 71.6 Å². The van der Waals surface area contributed by atoms with Gasteiger partial charge in [0, 0.05) is 18.7 Å². The van der Waals surface area contributed by atoms with Gasteiger partial charge in [-0.15, -0.1) is 10.2 Å². The number of esters is 1. The standard InChI is InChI=1S/C15H19ClN6O5/c1-24-6-5-13(15(23)25-2)21-9-27-22(10-26-21)14-7-11(16)3-4-12(14)20-8-17-18-19-20/h3-4,7-8,13H,5-6,9-10H2,1-2H3. The predicted molar refractivity (Wildman–Crippen MR) is 92.7 cm³/mol. The number of hydrogen-bond donors (Lipinski definition) is 0. The van der Waals surface area contributed by atoms with Gasteiger partial charge in [0.25, 0.3) is 0 Å². The van der Waals surface area contributed by atoms with Crippen molar-refractivity contribution in [2.45, 2.75) is 12.5 Å². The summed E-state index contributed by atoms with van der Waals surface area (Å²) in [7, 11) is 2.88. The first-order valence-electron chi connectivity index (χ1n) is 8.03. The Kier molecular flexibility index (Phi) is 6.53. The zero-order valence-electron chi connectivity index (χ0n) is 14.8. The van der Waals surface area contributed by atoms with Crippen molar-refractivity contribution in [2.24, 2.45) is 0 Å². The van der Waals surface area contributed by atoms with Crippen LogP contribution in [-0.2, 0) is 23.9 Å². The maximum atomic E-state index is 12.0. The number of hydrogen-bond acceptors (Lipinski definition) is 10. The molecule has 0 bridgehead atoms. The van der Waals surface area contributed by atoms with Gasteiger partial charge in [-0.3, -0.25) is 14.5 Å². The number of nitrogens with zero attached hydrogens (tertiary/aromatic N) is 6. The molecule has 146 valence electrons. The largest absolute Gasteiger partial charge is 0.468 e. The lowest BCUT2D eigenvalue weighted by atomic mass is 10.2. The number of tetrazole rings is 1. The highest BCUT2D eigenvalue weighted by molar-refractivity contribution is 6.31. The second-order valence-corrected chi connectivity index (χ2v) is 5.96. The van der Waals surface area contributed by atoms with Crippen molar-refractivity contribution in [2.75, 3.05) is 39.4 Å². The number of methoxy groups -OCH3 is 2. The summed E-state index contributed by atoms with van der Waals surface area (Å²) in [6.07, 6.45) is 1.86. The molecule has 0 radical (unpaired) electrons. The lowest BCUT2D eigenvalue weighted by Crippen LogP contribution is -2.51. The molecule has 1 fully saturated rings. The quantitative estimate of drug-likeness (QED) is 0.621. The summed E-state index contributed by atoms with van der Waals surface area (Å²) in [5.41, 5.74) is 1.27. The first-order chi connectivity index (χ1) is 13.1. The summed E-state index contributed by atoms with van der Waals surface area (Å²) in [6, 6.07) is 4.55. The molecule has 1 unspecified atom stereocenters. The van der Waals surface area contributed by atoms with Crippen LogP contribution >= 0.6 is 11.6 Å². The molecule has 0 N–H and O–H groups in total. The van der Waals surface area contributed by atoms with Crippen molar-refractivity contribution in [3.05, 3.63) is 29.5 Å². The molecule has 1 saturated heterocycles. The summed E-state index contributed by atoms with van der Waals surface area (Å²) in [5.74, 6) is -0.429. The average Bonchev–Trinajstić information content (AvgIpc) is 3.23. The third-order valence-electron chi connectivity index (χ3n) is 3.90. The normalized spacial score (nSPS) is 16.3. The Bertz CT molecular complexity index is 753. The third-order valence-corrected chi connectivity index (χ3v) is 4.14. The van der Waals surface area contributed by atoms with Gasteiger partial charge in [0.15, 0.2) is 13.5 Å². The van der Waals surface area contributed by atoms with Gasteiger partial charge in [-0.1, -0.05) is 11.6 Å². The molecule has 3 rings (SSSR count). The van der Waals surface area contributed by atoms with Crippen LogP contribution in [0.25, 0.3) is 5.69 Å². The highest BCUT2D eigenvalue weighted by Crippen LogP contribution is 2.29. The fourth-order valence-electron chi connectivity index (χ4n) is 2.55. The van der Waals surface area contributed by atoms with E-state index in [-0.39, 0.29) is 13.5 Å². The van der Waals surface area contributed by atoms with Crippen molar-refractivity contribution in [3.63, 3.8) is 0 Å². The van der Waals surface area contributed by atoms with Crippen molar-refractivity contribution >= 4 is 23.3 Å². The Labute approximate surface area is 160 Å². The van der Waals surface area contributed by atoms with Gasteiger partial charge >= 0.3 is 5.97 Å². The van der Waals surface area contributed by atoms with Crippen LogP contribution in [0, 0.1) is 0 Å². The number of anilines is 1. The summed E-state index contributed by atoms with van der Waals surface area (Å²) < 4.78 is 11.4. The molecule has 0 amide bonds. The highest BCUT2D eigenvalue weighted by atomic mass is 35.5. The molecule has 1 aliphatic rings. The van der Waals surface area contributed by atoms with E-state index in [1.54, 1.807) is 25.3 Å². The van der Waals surface area contributed by atoms with Crippen LogP contribution in [0.4, 0.5) is 5.69 Å². The van der Waals surface area contributed by atoms with Gasteiger partial charge in [-0.25, -0.2) is 5.06 Å². The minimum Gasteiger partial charge on any atom is -0.468 e. The molecule has 0 aliphatic carbocycles. The molecule has 1 aliphatic heterocycles. The molecule has 27 heavy (non-hydrogen) atoms.